The molecule has 0 aliphatic carbocycles. The predicted octanol–water partition coefficient (Wildman–Crippen LogP) is 4.28. The number of carbonyl (C=O) groups excluding carboxylic acids is 1. The van der Waals surface area contributed by atoms with Crippen molar-refractivity contribution in [1.29, 1.82) is 0 Å². The number of likely N-dealkylation sites (tertiary alicyclic amines) is 1. The second-order valence-electron chi connectivity index (χ2n) is 6.71. The highest BCUT2D eigenvalue weighted by Gasteiger charge is 2.22. The second-order valence-corrected chi connectivity index (χ2v) is 7.77. The highest BCUT2D eigenvalue weighted by molar-refractivity contribution is 7.17. The monoisotopic (exact) mass is 372 g/mol. The van der Waals surface area contributed by atoms with Gasteiger partial charge in [0, 0.05) is 18.0 Å². The van der Waals surface area contributed by atoms with Crippen LogP contribution in [0.5, 0.6) is 5.75 Å². The van der Waals surface area contributed by atoms with Gasteiger partial charge in [-0.15, -0.1) is 11.3 Å². The highest BCUT2D eigenvalue weighted by atomic mass is 32.1. The fraction of sp³-hybridized carbons (Fsp3) is 0.476. The molecule has 0 unspecified atom stereocenters. The van der Waals surface area contributed by atoms with Crippen LogP contribution in [-0.2, 0) is 0 Å². The van der Waals surface area contributed by atoms with E-state index in [-0.39, 0.29) is 5.91 Å². The first-order valence-corrected chi connectivity index (χ1v) is 10.4. The van der Waals surface area contributed by atoms with Crippen LogP contribution in [0.4, 0.5) is 0 Å². The predicted molar refractivity (Wildman–Crippen MR) is 108 cm³/mol. The van der Waals surface area contributed by atoms with E-state index < -0.39 is 0 Å². The molecule has 3 rings (SSSR count). The van der Waals surface area contributed by atoms with Crippen LogP contribution in [-0.4, -0.2) is 43.6 Å². The van der Waals surface area contributed by atoms with Crippen molar-refractivity contribution in [2.75, 3.05) is 32.8 Å². The van der Waals surface area contributed by atoms with Crippen molar-refractivity contribution in [1.82, 2.24) is 10.2 Å². The fourth-order valence-corrected chi connectivity index (χ4v) is 4.49. The zero-order valence-corrected chi connectivity index (χ0v) is 16.5. The largest absolute Gasteiger partial charge is 0.492 e. The van der Waals surface area contributed by atoms with Crippen LogP contribution >= 0.6 is 11.3 Å². The van der Waals surface area contributed by atoms with E-state index in [1.807, 2.05) is 31.2 Å². The molecule has 0 saturated carbocycles. The summed E-state index contributed by atoms with van der Waals surface area (Å²) in [4.78, 5) is 17.0. The molecule has 4 nitrogen and oxygen atoms in total. The first-order chi connectivity index (χ1) is 12.7. The maximum absolute atomic E-state index is 12.8. The standard InChI is InChI=1S/C21H28N2O2S/c1-3-23-12-8-9-16(15-23)14-22-21(24)20-18(25-4-2)13-19(26-20)17-10-6-5-7-11-17/h5-7,10-11,13,16H,3-4,8-9,12,14-15H2,1-2H3,(H,22,24)/t16-/m1/s1. The molecule has 1 aromatic heterocycles. The first kappa shape index (κ1) is 18.9. The van der Waals surface area contributed by atoms with Gasteiger partial charge in [0.15, 0.2) is 0 Å². The van der Waals surface area contributed by atoms with Crippen LogP contribution in [0, 0.1) is 5.92 Å². The Kier molecular flexibility index (Phi) is 6.69. The van der Waals surface area contributed by atoms with E-state index in [0.717, 1.165) is 30.1 Å². The number of carbonyl (C=O) groups is 1. The van der Waals surface area contributed by atoms with Crippen LogP contribution in [0.3, 0.4) is 0 Å². The van der Waals surface area contributed by atoms with Crippen molar-refractivity contribution in [3.63, 3.8) is 0 Å². The number of nitrogens with zero attached hydrogens (tertiary/aromatic N) is 1. The lowest BCUT2D eigenvalue weighted by molar-refractivity contribution is 0.0934. The van der Waals surface area contributed by atoms with Crippen LogP contribution in [0.15, 0.2) is 36.4 Å². The lowest BCUT2D eigenvalue weighted by Crippen LogP contribution is -2.40. The van der Waals surface area contributed by atoms with Crippen LogP contribution in [0.2, 0.25) is 0 Å². The summed E-state index contributed by atoms with van der Waals surface area (Å²) in [6.45, 7) is 8.79. The van der Waals surface area contributed by atoms with E-state index in [2.05, 4.69) is 29.3 Å². The van der Waals surface area contributed by atoms with Gasteiger partial charge >= 0.3 is 0 Å². The van der Waals surface area contributed by atoms with E-state index in [1.165, 1.54) is 30.7 Å². The molecule has 2 aromatic rings. The Morgan fingerprint density at radius 2 is 2.12 bits per heavy atom. The number of rotatable bonds is 7. The van der Waals surface area contributed by atoms with Gasteiger partial charge in [0.05, 0.1) is 6.61 Å². The van der Waals surface area contributed by atoms with Crippen molar-refractivity contribution < 1.29 is 9.53 Å². The third-order valence-electron chi connectivity index (χ3n) is 4.86. The summed E-state index contributed by atoms with van der Waals surface area (Å²) >= 11 is 1.50. The summed E-state index contributed by atoms with van der Waals surface area (Å²) in [5.74, 6) is 1.21. The number of benzene rings is 1. The van der Waals surface area contributed by atoms with Gasteiger partial charge in [-0.25, -0.2) is 0 Å². The summed E-state index contributed by atoms with van der Waals surface area (Å²) in [6, 6.07) is 12.1. The van der Waals surface area contributed by atoms with Crippen LogP contribution < -0.4 is 10.1 Å². The zero-order valence-electron chi connectivity index (χ0n) is 15.7. The average Bonchev–Trinajstić information content (AvgIpc) is 3.11. The number of ether oxygens (including phenoxy) is 1. The van der Waals surface area contributed by atoms with E-state index >= 15 is 0 Å². The molecular formula is C21H28N2O2S. The van der Waals surface area contributed by atoms with Gasteiger partial charge in [-0.05, 0) is 50.4 Å². The van der Waals surface area contributed by atoms with Gasteiger partial charge in [-0.3, -0.25) is 4.79 Å². The molecule has 0 radical (unpaired) electrons. The Labute approximate surface area is 160 Å². The average molecular weight is 373 g/mol. The molecule has 1 atom stereocenters. The molecular weight excluding hydrogens is 344 g/mol. The van der Waals surface area contributed by atoms with Crippen molar-refractivity contribution in [2.45, 2.75) is 26.7 Å². The summed E-state index contributed by atoms with van der Waals surface area (Å²) in [5.41, 5.74) is 1.11. The van der Waals surface area contributed by atoms with E-state index in [0.29, 0.717) is 23.2 Å². The third kappa shape index (κ3) is 4.65. The Bertz CT molecular complexity index is 714. The molecule has 0 spiro atoms. The maximum atomic E-state index is 12.8. The van der Waals surface area contributed by atoms with E-state index in [9.17, 15) is 4.79 Å². The van der Waals surface area contributed by atoms with Crippen molar-refractivity contribution in [3.05, 3.63) is 41.3 Å². The summed E-state index contributed by atoms with van der Waals surface area (Å²) < 4.78 is 5.73. The lowest BCUT2D eigenvalue weighted by Gasteiger charge is -2.31. The quantitative estimate of drug-likeness (QED) is 0.789. The Hall–Kier alpha value is -1.85. The minimum atomic E-state index is -0.0192. The second kappa shape index (κ2) is 9.19. The topological polar surface area (TPSA) is 41.6 Å². The molecule has 1 amide bonds. The Balaban J connectivity index is 1.68. The number of thiophene rings is 1. The maximum Gasteiger partial charge on any atom is 0.265 e. The minimum absolute atomic E-state index is 0.0192. The van der Waals surface area contributed by atoms with Crippen LogP contribution in [0.1, 0.15) is 36.4 Å². The molecule has 1 aliphatic heterocycles. The van der Waals surface area contributed by atoms with Crippen molar-refractivity contribution in [3.8, 4) is 16.2 Å². The zero-order chi connectivity index (χ0) is 18.4. The number of hydrogen-bond acceptors (Lipinski definition) is 4. The first-order valence-electron chi connectivity index (χ1n) is 9.53. The Morgan fingerprint density at radius 1 is 1.31 bits per heavy atom. The van der Waals surface area contributed by atoms with Gasteiger partial charge in [-0.2, -0.15) is 0 Å². The third-order valence-corrected chi connectivity index (χ3v) is 6.03. The van der Waals surface area contributed by atoms with E-state index in [1.54, 1.807) is 0 Å². The summed E-state index contributed by atoms with van der Waals surface area (Å²) in [6.07, 6.45) is 2.41. The Morgan fingerprint density at radius 3 is 2.85 bits per heavy atom. The smallest absolute Gasteiger partial charge is 0.265 e. The fourth-order valence-electron chi connectivity index (χ4n) is 3.46. The highest BCUT2D eigenvalue weighted by Crippen LogP contribution is 2.36. The minimum Gasteiger partial charge on any atom is -0.492 e. The molecule has 1 fully saturated rings. The molecule has 140 valence electrons. The SMILES string of the molecule is CCOc1cc(-c2ccccc2)sc1C(=O)NC[C@H]1CCCN(CC)C1. The molecule has 1 aliphatic rings. The van der Waals surface area contributed by atoms with E-state index in [4.69, 9.17) is 4.74 Å². The van der Waals surface area contributed by atoms with Crippen LogP contribution in [0.25, 0.3) is 10.4 Å². The van der Waals surface area contributed by atoms with Gasteiger partial charge < -0.3 is 15.0 Å². The number of amides is 1. The number of piperidine rings is 1. The van der Waals surface area contributed by atoms with Gasteiger partial charge in [0.25, 0.3) is 5.91 Å². The lowest BCUT2D eigenvalue weighted by atomic mass is 9.98. The summed E-state index contributed by atoms with van der Waals surface area (Å²) in [5, 5.41) is 3.14. The molecule has 5 heteroatoms. The molecule has 1 aromatic carbocycles. The van der Waals surface area contributed by atoms with Gasteiger partial charge in [-0.1, -0.05) is 37.3 Å². The van der Waals surface area contributed by atoms with Crippen molar-refractivity contribution in [2.24, 2.45) is 5.92 Å². The number of hydrogen-bond donors (Lipinski definition) is 1. The van der Waals surface area contributed by atoms with Gasteiger partial charge in [0.1, 0.15) is 10.6 Å². The molecule has 1 saturated heterocycles. The number of nitrogens with one attached hydrogen (secondary N) is 1. The molecule has 1 N–H and O–H groups in total. The molecule has 26 heavy (non-hydrogen) atoms. The van der Waals surface area contributed by atoms with Crippen molar-refractivity contribution >= 4 is 17.2 Å². The van der Waals surface area contributed by atoms with Gasteiger partial charge in [0.2, 0.25) is 0 Å². The molecule has 2 heterocycles. The summed E-state index contributed by atoms with van der Waals surface area (Å²) in [7, 11) is 0. The normalized spacial score (nSPS) is 17.8. The molecule has 0 bridgehead atoms.